The van der Waals surface area contributed by atoms with E-state index < -0.39 is 0 Å². The molecule has 1 atom stereocenters. The average Bonchev–Trinajstić information content (AvgIpc) is 3.04. The maximum absolute atomic E-state index is 12.3. The molecule has 0 radical (unpaired) electrons. The van der Waals surface area contributed by atoms with Crippen molar-refractivity contribution in [2.24, 2.45) is 0 Å². The Bertz CT molecular complexity index is 748. The Morgan fingerprint density at radius 1 is 1.27 bits per heavy atom. The van der Waals surface area contributed by atoms with Crippen molar-refractivity contribution in [2.75, 3.05) is 27.3 Å². The first-order valence-electron chi connectivity index (χ1n) is 8.22. The van der Waals surface area contributed by atoms with Gasteiger partial charge in [-0.1, -0.05) is 24.2 Å². The van der Waals surface area contributed by atoms with Crippen LogP contribution in [0.4, 0.5) is 0 Å². The van der Waals surface area contributed by atoms with Crippen LogP contribution >= 0.6 is 22.9 Å². The highest BCUT2D eigenvalue weighted by Gasteiger charge is 2.15. The predicted molar refractivity (Wildman–Crippen MR) is 105 cm³/mol. The van der Waals surface area contributed by atoms with E-state index in [2.05, 4.69) is 11.9 Å². The van der Waals surface area contributed by atoms with Gasteiger partial charge in [0.15, 0.2) is 18.0 Å². The highest BCUT2D eigenvalue weighted by molar-refractivity contribution is 7.16. The van der Waals surface area contributed by atoms with Crippen LogP contribution in [-0.2, 0) is 17.9 Å². The Balaban J connectivity index is 1.90. The third-order valence-electron chi connectivity index (χ3n) is 3.83. The molecule has 1 unspecified atom stereocenters. The van der Waals surface area contributed by atoms with E-state index >= 15 is 0 Å². The SMILES string of the molecule is C=CC[NH+](CC(=O)NCc1ccc(OC)c(OC)c1)Cc1ccc(Cl)s1. The Hall–Kier alpha value is -2.02. The molecule has 26 heavy (non-hydrogen) atoms. The fourth-order valence-electron chi connectivity index (χ4n) is 2.58. The quantitative estimate of drug-likeness (QED) is 0.607. The number of carbonyl (C=O) groups is 1. The number of amides is 1. The van der Waals surface area contributed by atoms with Crippen molar-refractivity contribution in [3.05, 3.63) is 57.8 Å². The highest BCUT2D eigenvalue weighted by atomic mass is 35.5. The minimum atomic E-state index is -0.0145. The van der Waals surface area contributed by atoms with Gasteiger partial charge in [0.05, 0.1) is 30.0 Å². The number of nitrogens with one attached hydrogen (secondary N) is 2. The summed E-state index contributed by atoms with van der Waals surface area (Å²) in [6.07, 6.45) is 1.83. The molecule has 2 aromatic rings. The summed E-state index contributed by atoms with van der Waals surface area (Å²) in [5.74, 6) is 1.30. The summed E-state index contributed by atoms with van der Waals surface area (Å²) in [7, 11) is 3.19. The van der Waals surface area contributed by atoms with Gasteiger partial charge in [-0.25, -0.2) is 0 Å². The number of benzene rings is 1. The van der Waals surface area contributed by atoms with Crippen LogP contribution in [0, 0.1) is 0 Å². The minimum absolute atomic E-state index is 0.0145. The Morgan fingerprint density at radius 3 is 2.65 bits per heavy atom. The summed E-state index contributed by atoms with van der Waals surface area (Å²) in [5, 5.41) is 2.95. The molecular formula is C19H24ClN2O3S+. The summed E-state index contributed by atoms with van der Waals surface area (Å²) in [6.45, 7) is 6.04. The summed E-state index contributed by atoms with van der Waals surface area (Å²) in [5.41, 5.74) is 0.950. The van der Waals surface area contributed by atoms with E-state index in [-0.39, 0.29) is 5.91 Å². The highest BCUT2D eigenvalue weighted by Crippen LogP contribution is 2.27. The van der Waals surface area contributed by atoms with Crippen molar-refractivity contribution in [1.29, 1.82) is 0 Å². The van der Waals surface area contributed by atoms with Crippen LogP contribution < -0.4 is 19.7 Å². The van der Waals surface area contributed by atoms with E-state index in [4.69, 9.17) is 21.1 Å². The first kappa shape index (κ1) is 20.3. The lowest BCUT2D eigenvalue weighted by Crippen LogP contribution is -3.11. The normalized spacial score (nSPS) is 11.7. The number of hydrogen-bond donors (Lipinski definition) is 2. The fraction of sp³-hybridized carbons (Fsp3) is 0.316. The number of hydrogen-bond acceptors (Lipinski definition) is 4. The first-order chi connectivity index (χ1) is 12.5. The monoisotopic (exact) mass is 395 g/mol. The number of ether oxygens (including phenoxy) is 2. The second-order valence-corrected chi connectivity index (χ2v) is 7.57. The van der Waals surface area contributed by atoms with Gasteiger partial charge in [0, 0.05) is 6.54 Å². The Kier molecular flexibility index (Phi) is 7.97. The molecule has 0 aliphatic rings. The van der Waals surface area contributed by atoms with Crippen molar-refractivity contribution < 1.29 is 19.2 Å². The predicted octanol–water partition coefficient (Wildman–Crippen LogP) is 2.31. The third kappa shape index (κ3) is 6.05. The number of thiophene rings is 1. The van der Waals surface area contributed by atoms with Gasteiger partial charge in [0.2, 0.25) is 0 Å². The van der Waals surface area contributed by atoms with E-state index in [1.165, 1.54) is 11.3 Å². The second-order valence-electron chi connectivity index (χ2n) is 5.77. The zero-order valence-corrected chi connectivity index (χ0v) is 16.6. The van der Waals surface area contributed by atoms with Crippen molar-refractivity contribution in [3.63, 3.8) is 0 Å². The van der Waals surface area contributed by atoms with E-state index in [1.807, 2.05) is 36.4 Å². The molecule has 0 bridgehead atoms. The van der Waals surface area contributed by atoms with Gasteiger partial charge in [-0.15, -0.1) is 11.3 Å². The second kappa shape index (κ2) is 10.2. The van der Waals surface area contributed by atoms with Gasteiger partial charge in [-0.2, -0.15) is 0 Å². The van der Waals surface area contributed by atoms with E-state index in [0.717, 1.165) is 26.2 Å². The molecule has 0 fully saturated rings. The van der Waals surface area contributed by atoms with E-state index in [0.29, 0.717) is 31.1 Å². The molecule has 1 aromatic carbocycles. The lowest BCUT2D eigenvalue weighted by atomic mass is 10.2. The first-order valence-corrected chi connectivity index (χ1v) is 9.41. The summed E-state index contributed by atoms with van der Waals surface area (Å²) in [4.78, 5) is 14.6. The fourth-order valence-corrected chi connectivity index (χ4v) is 3.74. The van der Waals surface area contributed by atoms with Crippen molar-refractivity contribution in [2.45, 2.75) is 13.1 Å². The van der Waals surface area contributed by atoms with Crippen molar-refractivity contribution >= 4 is 28.8 Å². The molecule has 2 rings (SSSR count). The van der Waals surface area contributed by atoms with Gasteiger partial charge in [-0.3, -0.25) is 4.79 Å². The third-order valence-corrected chi connectivity index (χ3v) is 5.07. The number of carbonyl (C=O) groups excluding carboxylic acids is 1. The molecule has 140 valence electrons. The topological polar surface area (TPSA) is 52.0 Å². The largest absolute Gasteiger partial charge is 0.493 e. The molecule has 1 aromatic heterocycles. The van der Waals surface area contributed by atoms with Crippen LogP contribution in [0.1, 0.15) is 10.4 Å². The molecule has 1 heterocycles. The molecule has 0 aliphatic carbocycles. The molecule has 0 saturated carbocycles. The van der Waals surface area contributed by atoms with Gasteiger partial charge >= 0.3 is 0 Å². The smallest absolute Gasteiger partial charge is 0.275 e. The Morgan fingerprint density at radius 2 is 2.04 bits per heavy atom. The van der Waals surface area contributed by atoms with E-state index in [1.54, 1.807) is 14.2 Å². The molecule has 0 spiro atoms. The number of methoxy groups -OCH3 is 2. The number of quaternary nitrogens is 1. The van der Waals surface area contributed by atoms with Crippen LogP contribution in [-0.4, -0.2) is 33.2 Å². The molecule has 5 nitrogen and oxygen atoms in total. The zero-order valence-electron chi connectivity index (χ0n) is 15.0. The average molecular weight is 396 g/mol. The molecule has 1 amide bonds. The molecule has 0 aliphatic heterocycles. The van der Waals surface area contributed by atoms with E-state index in [9.17, 15) is 4.79 Å². The summed E-state index contributed by atoms with van der Waals surface area (Å²) >= 11 is 7.52. The van der Waals surface area contributed by atoms with Crippen LogP contribution in [0.5, 0.6) is 11.5 Å². The minimum Gasteiger partial charge on any atom is -0.493 e. The zero-order chi connectivity index (χ0) is 18.9. The summed E-state index contributed by atoms with van der Waals surface area (Å²) < 4.78 is 11.3. The lowest BCUT2D eigenvalue weighted by molar-refractivity contribution is -0.899. The Labute approximate surface area is 163 Å². The molecule has 7 heteroatoms. The van der Waals surface area contributed by atoms with Crippen LogP contribution in [0.3, 0.4) is 0 Å². The van der Waals surface area contributed by atoms with Gasteiger partial charge < -0.3 is 19.7 Å². The number of halogens is 1. The maximum Gasteiger partial charge on any atom is 0.275 e. The molecular weight excluding hydrogens is 372 g/mol. The van der Waals surface area contributed by atoms with Crippen LogP contribution in [0.15, 0.2) is 43.0 Å². The molecule has 0 saturated heterocycles. The van der Waals surface area contributed by atoms with Gasteiger partial charge in [-0.05, 0) is 35.9 Å². The van der Waals surface area contributed by atoms with Gasteiger partial charge in [0.25, 0.3) is 5.91 Å². The van der Waals surface area contributed by atoms with Crippen molar-refractivity contribution in [1.82, 2.24) is 5.32 Å². The lowest BCUT2D eigenvalue weighted by Gasteiger charge is -2.17. The maximum atomic E-state index is 12.3. The standard InChI is InChI=1S/C19H23ClN2O3S/c1-4-9-22(12-15-6-8-18(20)26-15)13-19(23)21-11-14-5-7-16(24-2)17(10-14)25-3/h4-8,10H,1,9,11-13H2,2-3H3,(H,21,23)/p+1. The van der Waals surface area contributed by atoms with Crippen molar-refractivity contribution in [3.8, 4) is 11.5 Å². The molecule has 2 N–H and O–H groups in total. The van der Waals surface area contributed by atoms with Crippen LogP contribution in [0.25, 0.3) is 0 Å². The summed E-state index contributed by atoms with van der Waals surface area (Å²) in [6, 6.07) is 9.47. The van der Waals surface area contributed by atoms with Crippen LogP contribution in [0.2, 0.25) is 4.34 Å². The number of rotatable bonds is 10. The van der Waals surface area contributed by atoms with Gasteiger partial charge in [0.1, 0.15) is 6.54 Å².